The summed E-state index contributed by atoms with van der Waals surface area (Å²) in [6, 6.07) is 0. The van der Waals surface area contributed by atoms with Crippen LogP contribution >= 0.6 is 11.3 Å². The first-order chi connectivity index (χ1) is 8.11. The van der Waals surface area contributed by atoms with Crippen molar-refractivity contribution in [2.45, 2.75) is 45.4 Å². The van der Waals surface area contributed by atoms with Gasteiger partial charge in [-0.2, -0.15) is 0 Å². The van der Waals surface area contributed by atoms with E-state index in [1.807, 2.05) is 6.92 Å². The Balaban J connectivity index is 2.14. The number of ether oxygens (including phenoxy) is 1. The lowest BCUT2D eigenvalue weighted by Crippen LogP contribution is -2.11. The van der Waals surface area contributed by atoms with Crippen LogP contribution in [-0.2, 0) is 4.74 Å². The van der Waals surface area contributed by atoms with Crippen molar-refractivity contribution < 1.29 is 9.53 Å². The SMILES string of the molecule is COC(=O)c1nc(C2CCC(C)CC2)sc1C. The molecule has 1 saturated carbocycles. The molecule has 17 heavy (non-hydrogen) atoms. The number of methoxy groups -OCH3 is 1. The number of hydrogen-bond donors (Lipinski definition) is 0. The molecule has 0 unspecified atom stereocenters. The van der Waals surface area contributed by atoms with Crippen molar-refractivity contribution in [1.82, 2.24) is 4.98 Å². The minimum absolute atomic E-state index is 0.311. The van der Waals surface area contributed by atoms with E-state index in [0.717, 1.165) is 15.8 Å². The number of rotatable bonds is 2. The number of thiazole rings is 1. The molecule has 0 saturated heterocycles. The van der Waals surface area contributed by atoms with Crippen molar-refractivity contribution in [3.63, 3.8) is 0 Å². The van der Waals surface area contributed by atoms with Gasteiger partial charge in [0.25, 0.3) is 0 Å². The maximum Gasteiger partial charge on any atom is 0.357 e. The second-order valence-corrected chi connectivity index (χ2v) is 6.14. The smallest absolute Gasteiger partial charge is 0.357 e. The lowest BCUT2D eigenvalue weighted by Gasteiger charge is -2.24. The van der Waals surface area contributed by atoms with Gasteiger partial charge in [0.2, 0.25) is 0 Å². The first kappa shape index (κ1) is 12.6. The Morgan fingerprint density at radius 1 is 1.35 bits per heavy atom. The van der Waals surface area contributed by atoms with E-state index in [9.17, 15) is 4.79 Å². The van der Waals surface area contributed by atoms with E-state index >= 15 is 0 Å². The molecule has 1 aromatic rings. The fourth-order valence-electron chi connectivity index (χ4n) is 2.38. The van der Waals surface area contributed by atoms with E-state index < -0.39 is 0 Å². The fraction of sp³-hybridized carbons (Fsp3) is 0.692. The number of esters is 1. The maximum absolute atomic E-state index is 11.5. The van der Waals surface area contributed by atoms with E-state index in [1.165, 1.54) is 32.8 Å². The third-order valence-electron chi connectivity index (χ3n) is 3.56. The highest BCUT2D eigenvalue weighted by Crippen LogP contribution is 2.37. The number of carbonyl (C=O) groups is 1. The van der Waals surface area contributed by atoms with Crippen LogP contribution in [0.25, 0.3) is 0 Å². The lowest BCUT2D eigenvalue weighted by molar-refractivity contribution is 0.0594. The Labute approximate surface area is 106 Å². The van der Waals surface area contributed by atoms with E-state index in [0.29, 0.717) is 11.6 Å². The lowest BCUT2D eigenvalue weighted by atomic mass is 9.83. The van der Waals surface area contributed by atoms with Crippen molar-refractivity contribution in [3.8, 4) is 0 Å². The molecular weight excluding hydrogens is 234 g/mol. The maximum atomic E-state index is 11.5. The molecule has 2 rings (SSSR count). The van der Waals surface area contributed by atoms with Gasteiger partial charge in [-0.15, -0.1) is 11.3 Å². The molecule has 3 nitrogen and oxygen atoms in total. The highest BCUT2D eigenvalue weighted by atomic mass is 32.1. The Hall–Kier alpha value is -0.900. The summed E-state index contributed by atoms with van der Waals surface area (Å²) in [6.07, 6.45) is 4.96. The monoisotopic (exact) mass is 253 g/mol. The van der Waals surface area contributed by atoms with Crippen molar-refractivity contribution >= 4 is 17.3 Å². The zero-order chi connectivity index (χ0) is 12.4. The van der Waals surface area contributed by atoms with Gasteiger partial charge in [0.1, 0.15) is 0 Å². The summed E-state index contributed by atoms with van der Waals surface area (Å²) in [6.45, 7) is 4.25. The van der Waals surface area contributed by atoms with Gasteiger partial charge in [0, 0.05) is 10.8 Å². The summed E-state index contributed by atoms with van der Waals surface area (Å²) in [4.78, 5) is 17.0. The average molecular weight is 253 g/mol. The first-order valence-corrected chi connectivity index (χ1v) is 6.99. The number of aromatic nitrogens is 1. The number of nitrogens with zero attached hydrogens (tertiary/aromatic N) is 1. The fourth-order valence-corrected chi connectivity index (χ4v) is 3.46. The van der Waals surface area contributed by atoms with Crippen molar-refractivity contribution in [1.29, 1.82) is 0 Å². The summed E-state index contributed by atoms with van der Waals surface area (Å²) in [5.74, 6) is 1.08. The molecule has 4 heteroatoms. The Bertz CT molecular complexity index is 406. The van der Waals surface area contributed by atoms with Gasteiger partial charge in [-0.25, -0.2) is 9.78 Å². The molecule has 0 atom stereocenters. The van der Waals surface area contributed by atoms with E-state index in [1.54, 1.807) is 11.3 Å². The number of carbonyl (C=O) groups excluding carboxylic acids is 1. The van der Waals surface area contributed by atoms with Crippen LogP contribution in [0.1, 0.15) is 58.9 Å². The Morgan fingerprint density at radius 2 is 2.00 bits per heavy atom. The predicted molar refractivity (Wildman–Crippen MR) is 68.6 cm³/mol. The summed E-state index contributed by atoms with van der Waals surface area (Å²) in [7, 11) is 1.41. The summed E-state index contributed by atoms with van der Waals surface area (Å²) in [5.41, 5.74) is 0.506. The second kappa shape index (κ2) is 5.17. The largest absolute Gasteiger partial charge is 0.464 e. The average Bonchev–Trinajstić information content (AvgIpc) is 2.71. The van der Waals surface area contributed by atoms with Crippen LogP contribution in [0, 0.1) is 12.8 Å². The van der Waals surface area contributed by atoms with Crippen molar-refractivity contribution in [3.05, 3.63) is 15.6 Å². The van der Waals surface area contributed by atoms with Crippen molar-refractivity contribution in [2.75, 3.05) is 7.11 Å². The number of aryl methyl sites for hydroxylation is 1. The van der Waals surface area contributed by atoms with Crippen LogP contribution < -0.4 is 0 Å². The topological polar surface area (TPSA) is 39.2 Å². The van der Waals surface area contributed by atoms with E-state index in [2.05, 4.69) is 11.9 Å². The molecule has 0 N–H and O–H groups in total. The van der Waals surface area contributed by atoms with Gasteiger partial charge in [-0.05, 0) is 25.7 Å². The molecule has 0 radical (unpaired) electrons. The van der Waals surface area contributed by atoms with Crippen LogP contribution in [0.5, 0.6) is 0 Å². The summed E-state index contributed by atoms with van der Waals surface area (Å²) in [5, 5.41) is 1.12. The molecule has 94 valence electrons. The quantitative estimate of drug-likeness (QED) is 0.757. The molecule has 0 spiro atoms. The molecule has 0 aliphatic heterocycles. The second-order valence-electron chi connectivity index (χ2n) is 4.91. The van der Waals surface area contributed by atoms with Crippen molar-refractivity contribution in [2.24, 2.45) is 5.92 Å². The van der Waals surface area contributed by atoms with Crippen LogP contribution in [-0.4, -0.2) is 18.1 Å². The predicted octanol–water partition coefficient (Wildman–Crippen LogP) is 3.53. The van der Waals surface area contributed by atoms with Gasteiger partial charge in [-0.3, -0.25) is 0 Å². The van der Waals surface area contributed by atoms with Gasteiger partial charge in [0.05, 0.1) is 12.1 Å². The Kier molecular flexibility index (Phi) is 3.82. The molecular formula is C13H19NO2S. The Morgan fingerprint density at radius 3 is 2.59 bits per heavy atom. The normalized spacial score (nSPS) is 24.6. The van der Waals surface area contributed by atoms with Gasteiger partial charge in [-0.1, -0.05) is 19.8 Å². The third-order valence-corrected chi connectivity index (χ3v) is 4.69. The molecule has 0 amide bonds. The van der Waals surface area contributed by atoms with Crippen LogP contribution in [0.15, 0.2) is 0 Å². The van der Waals surface area contributed by atoms with E-state index in [4.69, 9.17) is 4.74 Å². The van der Waals surface area contributed by atoms with Crippen LogP contribution in [0.4, 0.5) is 0 Å². The standard InChI is InChI=1S/C13H19NO2S/c1-8-4-6-10(7-5-8)12-14-11(9(2)17-12)13(15)16-3/h8,10H,4-7H2,1-3H3. The molecule has 1 aliphatic carbocycles. The highest BCUT2D eigenvalue weighted by molar-refractivity contribution is 7.12. The summed E-state index contributed by atoms with van der Waals surface area (Å²) >= 11 is 1.65. The molecule has 1 heterocycles. The highest BCUT2D eigenvalue weighted by Gasteiger charge is 2.25. The van der Waals surface area contributed by atoms with Gasteiger partial charge >= 0.3 is 5.97 Å². The molecule has 1 aliphatic rings. The molecule has 1 fully saturated rings. The zero-order valence-corrected chi connectivity index (χ0v) is 11.5. The molecule has 0 bridgehead atoms. The third kappa shape index (κ3) is 2.68. The minimum atomic E-state index is -0.311. The number of hydrogen-bond acceptors (Lipinski definition) is 4. The van der Waals surface area contributed by atoms with Gasteiger partial charge < -0.3 is 4.74 Å². The molecule has 1 aromatic heterocycles. The summed E-state index contributed by atoms with van der Waals surface area (Å²) < 4.78 is 4.74. The van der Waals surface area contributed by atoms with Crippen LogP contribution in [0.2, 0.25) is 0 Å². The first-order valence-electron chi connectivity index (χ1n) is 6.17. The van der Waals surface area contributed by atoms with Crippen LogP contribution in [0.3, 0.4) is 0 Å². The molecule has 0 aromatic carbocycles. The minimum Gasteiger partial charge on any atom is -0.464 e. The van der Waals surface area contributed by atoms with Gasteiger partial charge in [0.15, 0.2) is 5.69 Å². The zero-order valence-electron chi connectivity index (χ0n) is 10.7. The van der Waals surface area contributed by atoms with E-state index in [-0.39, 0.29) is 5.97 Å².